The van der Waals surface area contributed by atoms with Crippen molar-refractivity contribution in [2.45, 2.75) is 37.8 Å². The first kappa shape index (κ1) is 14.8. The summed E-state index contributed by atoms with van der Waals surface area (Å²) < 4.78 is 8.16. The van der Waals surface area contributed by atoms with Gasteiger partial charge in [-0.2, -0.15) is 0 Å². The van der Waals surface area contributed by atoms with Crippen molar-refractivity contribution in [2.24, 2.45) is 0 Å². The lowest BCUT2D eigenvalue weighted by Crippen LogP contribution is -2.47. The van der Waals surface area contributed by atoms with E-state index in [4.69, 9.17) is 9.72 Å². The van der Waals surface area contributed by atoms with Crippen molar-refractivity contribution >= 4 is 11.0 Å². The van der Waals surface area contributed by atoms with E-state index in [1.54, 1.807) is 0 Å². The van der Waals surface area contributed by atoms with E-state index in [-0.39, 0.29) is 0 Å². The summed E-state index contributed by atoms with van der Waals surface area (Å²) in [5.74, 6) is 3.09. The molecule has 0 unspecified atom stereocenters. The van der Waals surface area contributed by atoms with Gasteiger partial charge in [-0.3, -0.25) is 4.90 Å². The molecule has 3 aliphatic rings. The number of fused-ring (bicyclic) bond motifs is 2. The van der Waals surface area contributed by atoms with Crippen LogP contribution in [-0.4, -0.2) is 34.1 Å². The van der Waals surface area contributed by atoms with E-state index >= 15 is 0 Å². The molecule has 1 saturated carbocycles. The van der Waals surface area contributed by atoms with Gasteiger partial charge in [0.15, 0.2) is 0 Å². The maximum absolute atomic E-state index is 5.62. The topological polar surface area (TPSA) is 30.3 Å². The molecule has 1 saturated heterocycles. The second-order valence-electron chi connectivity index (χ2n) is 7.99. The third-order valence-electron chi connectivity index (χ3n) is 6.03. The zero-order chi connectivity index (χ0) is 17.1. The highest BCUT2D eigenvalue weighted by molar-refractivity contribution is 5.76. The highest BCUT2D eigenvalue weighted by atomic mass is 16.5. The Kier molecular flexibility index (Phi) is 3.18. The smallest absolute Gasteiger partial charge is 0.122 e. The normalized spacial score (nSPS) is 20.2. The van der Waals surface area contributed by atoms with Gasteiger partial charge in [-0.15, -0.1) is 0 Å². The van der Waals surface area contributed by atoms with Crippen LogP contribution in [0.15, 0.2) is 42.5 Å². The van der Waals surface area contributed by atoms with Gasteiger partial charge in [0.25, 0.3) is 0 Å². The van der Waals surface area contributed by atoms with Gasteiger partial charge in [0.2, 0.25) is 0 Å². The molecule has 1 aromatic heterocycles. The van der Waals surface area contributed by atoms with E-state index in [0.717, 1.165) is 43.9 Å². The molecule has 0 spiro atoms. The fourth-order valence-corrected chi connectivity index (χ4v) is 4.51. The maximum atomic E-state index is 5.62. The zero-order valence-corrected chi connectivity index (χ0v) is 14.9. The summed E-state index contributed by atoms with van der Waals surface area (Å²) in [6.45, 7) is 4.11. The van der Waals surface area contributed by atoms with Crippen molar-refractivity contribution in [3.63, 3.8) is 0 Å². The summed E-state index contributed by atoms with van der Waals surface area (Å²) >= 11 is 0. The summed E-state index contributed by atoms with van der Waals surface area (Å²) in [4.78, 5) is 7.51. The lowest BCUT2D eigenvalue weighted by Gasteiger charge is -2.41. The minimum absolute atomic E-state index is 0.566. The molecule has 0 radical (unpaired) electrons. The number of nitrogens with zero attached hydrogens (tertiary/aromatic N) is 3. The van der Waals surface area contributed by atoms with E-state index in [1.807, 2.05) is 0 Å². The lowest BCUT2D eigenvalue weighted by atomic mass is 10.0. The predicted octanol–water partition coefficient (Wildman–Crippen LogP) is 3.91. The van der Waals surface area contributed by atoms with E-state index < -0.39 is 0 Å². The van der Waals surface area contributed by atoms with Gasteiger partial charge in [0.1, 0.15) is 11.6 Å². The summed E-state index contributed by atoms with van der Waals surface area (Å²) in [7, 11) is 0. The van der Waals surface area contributed by atoms with Crippen molar-refractivity contribution < 1.29 is 4.74 Å². The molecule has 3 heterocycles. The summed E-state index contributed by atoms with van der Waals surface area (Å²) in [6.07, 6.45) is 3.66. The average molecular weight is 345 g/mol. The third kappa shape index (κ3) is 2.36. The molecule has 0 N–H and O–H groups in total. The van der Waals surface area contributed by atoms with Gasteiger partial charge >= 0.3 is 0 Å². The molecule has 26 heavy (non-hydrogen) atoms. The van der Waals surface area contributed by atoms with E-state index in [2.05, 4.69) is 51.9 Å². The van der Waals surface area contributed by atoms with Crippen LogP contribution in [0.3, 0.4) is 0 Å². The molecule has 3 aromatic rings. The molecule has 4 nitrogen and oxygen atoms in total. The van der Waals surface area contributed by atoms with Crippen LogP contribution < -0.4 is 4.74 Å². The maximum Gasteiger partial charge on any atom is 0.122 e. The van der Waals surface area contributed by atoms with Crippen molar-refractivity contribution in [1.29, 1.82) is 0 Å². The van der Waals surface area contributed by atoms with Crippen molar-refractivity contribution in [3.8, 4) is 5.75 Å². The van der Waals surface area contributed by atoms with Gasteiger partial charge in [0, 0.05) is 32.0 Å². The molecule has 2 fully saturated rings. The minimum atomic E-state index is 0.566. The third-order valence-corrected chi connectivity index (χ3v) is 6.03. The fraction of sp³-hybridized carbons (Fsp3) is 0.409. The van der Waals surface area contributed by atoms with E-state index in [9.17, 15) is 0 Å². The van der Waals surface area contributed by atoms with Crippen LogP contribution in [0.25, 0.3) is 11.0 Å². The van der Waals surface area contributed by atoms with Gasteiger partial charge < -0.3 is 9.30 Å². The van der Waals surface area contributed by atoms with Crippen LogP contribution in [-0.2, 0) is 13.0 Å². The lowest BCUT2D eigenvalue weighted by molar-refractivity contribution is 0.0995. The Morgan fingerprint density at radius 1 is 1.08 bits per heavy atom. The van der Waals surface area contributed by atoms with Gasteiger partial charge in [-0.1, -0.05) is 24.3 Å². The van der Waals surface area contributed by atoms with Crippen LogP contribution in [0.1, 0.15) is 41.8 Å². The molecular formula is C22H23N3O. The largest absolute Gasteiger partial charge is 0.493 e. The van der Waals surface area contributed by atoms with Crippen LogP contribution in [0, 0.1) is 0 Å². The van der Waals surface area contributed by atoms with Crippen LogP contribution >= 0.6 is 0 Å². The quantitative estimate of drug-likeness (QED) is 0.718. The van der Waals surface area contributed by atoms with Gasteiger partial charge in [0.05, 0.1) is 23.7 Å². The Labute approximate surface area is 153 Å². The Morgan fingerprint density at radius 2 is 1.96 bits per heavy atom. The van der Waals surface area contributed by atoms with E-state index in [1.165, 1.54) is 35.3 Å². The number of para-hydroxylation sites is 2. The fourth-order valence-electron chi connectivity index (χ4n) is 4.51. The highest BCUT2D eigenvalue weighted by Gasteiger charge is 2.36. The van der Waals surface area contributed by atoms with Crippen LogP contribution in [0.4, 0.5) is 0 Å². The van der Waals surface area contributed by atoms with Gasteiger partial charge in [-0.25, -0.2) is 4.98 Å². The summed E-state index contributed by atoms with van der Waals surface area (Å²) in [6, 6.07) is 15.9. The predicted molar refractivity (Wildman–Crippen MR) is 102 cm³/mol. The first-order chi connectivity index (χ1) is 12.8. The molecule has 0 bridgehead atoms. The van der Waals surface area contributed by atoms with Crippen molar-refractivity contribution in [2.75, 3.05) is 19.7 Å². The Morgan fingerprint density at radius 3 is 2.85 bits per heavy atom. The van der Waals surface area contributed by atoms with Gasteiger partial charge in [-0.05, 0) is 42.2 Å². The molecular weight excluding hydrogens is 322 g/mol. The molecule has 4 heteroatoms. The first-order valence-electron chi connectivity index (χ1n) is 9.79. The number of likely N-dealkylation sites (tertiary alicyclic amines) is 1. The average Bonchev–Trinajstić information content (AvgIpc) is 3.25. The summed E-state index contributed by atoms with van der Waals surface area (Å²) in [5.41, 5.74) is 5.25. The standard InChI is InChI=1S/C22H23N3O/c1-2-4-20-19(3-1)23-22(16-6-7-16)25(20)18-13-24(14-18)12-15-5-8-21-17(11-15)9-10-26-21/h1-5,8,11,16,18H,6-7,9-10,12-14H2. The molecule has 0 amide bonds. The van der Waals surface area contributed by atoms with Crippen LogP contribution in [0.5, 0.6) is 5.75 Å². The number of rotatable bonds is 4. The molecule has 2 aromatic carbocycles. The molecule has 1 aliphatic carbocycles. The monoisotopic (exact) mass is 345 g/mol. The second-order valence-corrected chi connectivity index (χ2v) is 7.99. The number of hydrogen-bond donors (Lipinski definition) is 0. The number of hydrogen-bond acceptors (Lipinski definition) is 3. The molecule has 6 rings (SSSR count). The number of imidazole rings is 1. The Hall–Kier alpha value is -2.33. The molecule has 0 atom stereocenters. The molecule has 132 valence electrons. The number of benzene rings is 2. The number of ether oxygens (including phenoxy) is 1. The van der Waals surface area contributed by atoms with E-state index in [0.29, 0.717) is 12.0 Å². The highest BCUT2D eigenvalue weighted by Crippen LogP contribution is 2.43. The number of aromatic nitrogens is 2. The first-order valence-corrected chi connectivity index (χ1v) is 9.79. The molecule has 2 aliphatic heterocycles. The van der Waals surface area contributed by atoms with Crippen molar-refractivity contribution in [3.05, 3.63) is 59.4 Å². The van der Waals surface area contributed by atoms with Crippen molar-refractivity contribution in [1.82, 2.24) is 14.5 Å². The summed E-state index contributed by atoms with van der Waals surface area (Å²) in [5, 5.41) is 0. The van der Waals surface area contributed by atoms with Crippen LogP contribution in [0.2, 0.25) is 0 Å². The minimum Gasteiger partial charge on any atom is -0.493 e. The Balaban J connectivity index is 1.22. The zero-order valence-electron chi connectivity index (χ0n) is 14.9. The SMILES string of the molecule is c1ccc2c(c1)nc(C1CC1)n2C1CN(Cc2ccc3c(c2)CCO3)C1. The Bertz CT molecular complexity index is 982. The second kappa shape index (κ2) is 5.58.